The van der Waals surface area contributed by atoms with E-state index in [1.54, 1.807) is 0 Å². The van der Waals surface area contributed by atoms with E-state index < -0.39 is 51.1 Å². The molecule has 0 aromatic carbocycles. The molecule has 3 atom stereocenters. The van der Waals surface area contributed by atoms with Crippen molar-refractivity contribution in [1.82, 2.24) is 0 Å². The van der Waals surface area contributed by atoms with E-state index in [0.717, 1.165) is 38.5 Å². The van der Waals surface area contributed by atoms with E-state index >= 15 is 0 Å². The van der Waals surface area contributed by atoms with Crippen LogP contribution in [0.4, 0.5) is 0 Å². The molecular formula is C38H74NO10P. The van der Waals surface area contributed by atoms with E-state index in [9.17, 15) is 23.8 Å². The first-order chi connectivity index (χ1) is 24.1. The zero-order chi connectivity index (χ0) is 37.1. The highest BCUT2D eigenvalue weighted by Crippen LogP contribution is 2.43. The Balaban J connectivity index is 4.37. The van der Waals surface area contributed by atoms with Crippen molar-refractivity contribution in [1.29, 1.82) is 0 Å². The summed E-state index contributed by atoms with van der Waals surface area (Å²) in [6, 6.07) is -1.51. The van der Waals surface area contributed by atoms with E-state index in [4.69, 9.17) is 24.8 Å². The second kappa shape index (κ2) is 34.6. The van der Waals surface area contributed by atoms with Crippen molar-refractivity contribution in [2.24, 2.45) is 5.73 Å². The number of esters is 2. The lowest BCUT2D eigenvalue weighted by atomic mass is 10.0. The van der Waals surface area contributed by atoms with Crippen LogP contribution in [0.15, 0.2) is 0 Å². The Hall–Kier alpha value is -1.52. The minimum Gasteiger partial charge on any atom is -0.480 e. The van der Waals surface area contributed by atoms with Crippen LogP contribution in [-0.4, -0.2) is 59.9 Å². The average molecular weight is 736 g/mol. The first kappa shape index (κ1) is 48.5. The molecule has 0 amide bonds. The van der Waals surface area contributed by atoms with Gasteiger partial charge in [-0.3, -0.25) is 23.4 Å². The molecule has 0 aromatic rings. The van der Waals surface area contributed by atoms with Gasteiger partial charge in [0.1, 0.15) is 12.6 Å². The summed E-state index contributed by atoms with van der Waals surface area (Å²) in [5, 5.41) is 8.86. The third-order valence-electron chi connectivity index (χ3n) is 8.86. The molecule has 4 N–H and O–H groups in total. The van der Waals surface area contributed by atoms with Gasteiger partial charge in [0.25, 0.3) is 0 Å². The number of nitrogens with two attached hydrogens (primary N) is 1. The SMILES string of the molecule is CCCCCCCCCCCCCCCCCC(=O)O[C@H](COC(=O)CCCCCCCCCCCCC)COP(=O)(O)OC[C@H](N)C(=O)O. The monoisotopic (exact) mass is 736 g/mol. The summed E-state index contributed by atoms with van der Waals surface area (Å²) in [5.41, 5.74) is 5.32. The fourth-order valence-corrected chi connectivity index (χ4v) is 6.43. The lowest BCUT2D eigenvalue weighted by molar-refractivity contribution is -0.161. The maximum Gasteiger partial charge on any atom is 0.472 e. The minimum atomic E-state index is -4.70. The quantitative estimate of drug-likeness (QED) is 0.0313. The van der Waals surface area contributed by atoms with Crippen molar-refractivity contribution >= 4 is 25.7 Å². The van der Waals surface area contributed by atoms with Gasteiger partial charge >= 0.3 is 25.7 Å². The van der Waals surface area contributed by atoms with Gasteiger partial charge in [0.2, 0.25) is 0 Å². The Kier molecular flexibility index (Phi) is 33.5. The van der Waals surface area contributed by atoms with Gasteiger partial charge in [-0.15, -0.1) is 0 Å². The van der Waals surface area contributed by atoms with Crippen LogP contribution >= 0.6 is 7.82 Å². The first-order valence-electron chi connectivity index (χ1n) is 20.1. The van der Waals surface area contributed by atoms with Crippen LogP contribution in [0.2, 0.25) is 0 Å². The molecule has 0 heterocycles. The Morgan fingerprint density at radius 3 is 1.26 bits per heavy atom. The van der Waals surface area contributed by atoms with Gasteiger partial charge in [-0.2, -0.15) is 0 Å². The number of aliphatic carboxylic acids is 1. The second-order valence-corrected chi connectivity index (χ2v) is 15.2. The smallest absolute Gasteiger partial charge is 0.472 e. The number of carbonyl (C=O) groups is 3. The van der Waals surface area contributed by atoms with Crippen LogP contribution in [0.3, 0.4) is 0 Å². The van der Waals surface area contributed by atoms with Crippen molar-refractivity contribution in [3.8, 4) is 0 Å². The predicted octanol–water partition coefficient (Wildman–Crippen LogP) is 9.95. The molecule has 12 heteroatoms. The second-order valence-electron chi connectivity index (χ2n) is 13.8. The van der Waals surface area contributed by atoms with Crippen LogP contribution in [-0.2, 0) is 37.5 Å². The van der Waals surface area contributed by atoms with Crippen molar-refractivity contribution in [2.45, 2.75) is 206 Å². The molecular weight excluding hydrogens is 661 g/mol. The highest BCUT2D eigenvalue weighted by atomic mass is 31.2. The van der Waals surface area contributed by atoms with Crippen LogP contribution < -0.4 is 5.73 Å². The number of ether oxygens (including phenoxy) is 2. The molecule has 0 bridgehead atoms. The number of carboxylic acid groups (broad SMARTS) is 1. The van der Waals surface area contributed by atoms with Crippen LogP contribution in [0.5, 0.6) is 0 Å². The van der Waals surface area contributed by atoms with E-state index in [2.05, 4.69) is 18.4 Å². The number of rotatable bonds is 38. The number of phosphoric ester groups is 1. The summed E-state index contributed by atoms with van der Waals surface area (Å²) < 4.78 is 32.6. The molecule has 0 aliphatic carbocycles. The van der Waals surface area contributed by atoms with E-state index in [-0.39, 0.29) is 19.4 Å². The largest absolute Gasteiger partial charge is 0.480 e. The summed E-state index contributed by atoms with van der Waals surface area (Å²) in [4.78, 5) is 45.7. The standard InChI is InChI=1S/C38H74NO10P/c1-3-5-7-9-11-13-15-16-17-18-20-22-24-26-28-30-37(41)49-34(32-47-50(44,45)48-33-35(39)38(42)43)31-46-36(40)29-27-25-23-21-19-14-12-10-8-6-4-2/h34-35H,3-33,39H2,1-2H3,(H,42,43)(H,44,45)/t34-,35+/m1/s1. The number of hydrogen-bond acceptors (Lipinski definition) is 9. The van der Waals surface area contributed by atoms with Gasteiger partial charge in [0.05, 0.1) is 13.2 Å². The molecule has 0 fully saturated rings. The van der Waals surface area contributed by atoms with Crippen LogP contribution in [0.1, 0.15) is 194 Å². The van der Waals surface area contributed by atoms with Gasteiger partial charge in [-0.1, -0.05) is 168 Å². The Morgan fingerprint density at radius 1 is 0.540 bits per heavy atom. The molecule has 0 rings (SSSR count). The first-order valence-corrected chi connectivity index (χ1v) is 21.6. The molecule has 1 unspecified atom stereocenters. The van der Waals surface area contributed by atoms with Crippen molar-refractivity contribution in [3.05, 3.63) is 0 Å². The van der Waals surface area contributed by atoms with Gasteiger partial charge in [-0.25, -0.2) is 4.57 Å². The molecule has 0 spiro atoms. The zero-order valence-corrected chi connectivity index (χ0v) is 32.7. The van der Waals surface area contributed by atoms with Crippen LogP contribution in [0, 0.1) is 0 Å². The summed E-state index contributed by atoms with van der Waals surface area (Å²) >= 11 is 0. The normalized spacial score (nSPS) is 13.8. The maximum absolute atomic E-state index is 12.6. The topological polar surface area (TPSA) is 172 Å². The third kappa shape index (κ3) is 33.6. The van der Waals surface area contributed by atoms with E-state index in [0.29, 0.717) is 12.8 Å². The van der Waals surface area contributed by atoms with Gasteiger partial charge in [0.15, 0.2) is 6.10 Å². The predicted molar refractivity (Wildman–Crippen MR) is 199 cm³/mol. The minimum absolute atomic E-state index is 0.169. The molecule has 0 saturated carbocycles. The Labute approximate surface area is 304 Å². The summed E-state index contributed by atoms with van der Waals surface area (Å²) in [6.45, 7) is 2.80. The van der Waals surface area contributed by atoms with Gasteiger partial charge in [-0.05, 0) is 12.8 Å². The molecule has 50 heavy (non-hydrogen) atoms. The lowest BCUT2D eigenvalue weighted by Crippen LogP contribution is -2.34. The van der Waals surface area contributed by atoms with E-state index in [1.165, 1.54) is 116 Å². The number of unbranched alkanes of at least 4 members (excludes halogenated alkanes) is 24. The van der Waals surface area contributed by atoms with Crippen LogP contribution in [0.25, 0.3) is 0 Å². The van der Waals surface area contributed by atoms with Gasteiger partial charge < -0.3 is 25.2 Å². The Morgan fingerprint density at radius 2 is 0.880 bits per heavy atom. The molecule has 11 nitrogen and oxygen atoms in total. The van der Waals surface area contributed by atoms with Crippen molar-refractivity contribution < 1.29 is 47.5 Å². The molecule has 0 radical (unpaired) electrons. The summed E-state index contributed by atoms with van der Waals surface area (Å²) in [6.07, 6.45) is 30.2. The highest BCUT2D eigenvalue weighted by Gasteiger charge is 2.28. The van der Waals surface area contributed by atoms with Crippen molar-refractivity contribution in [2.75, 3.05) is 19.8 Å². The highest BCUT2D eigenvalue weighted by molar-refractivity contribution is 7.47. The third-order valence-corrected chi connectivity index (χ3v) is 9.81. The van der Waals surface area contributed by atoms with Gasteiger partial charge in [0, 0.05) is 12.8 Å². The van der Waals surface area contributed by atoms with Crippen molar-refractivity contribution in [3.63, 3.8) is 0 Å². The molecule has 296 valence electrons. The number of phosphoric acid groups is 1. The number of hydrogen-bond donors (Lipinski definition) is 3. The molecule has 0 aliphatic heterocycles. The zero-order valence-electron chi connectivity index (χ0n) is 31.8. The number of carbonyl (C=O) groups excluding carboxylic acids is 2. The summed E-state index contributed by atoms with van der Waals surface area (Å²) in [5.74, 6) is -2.36. The molecule has 0 saturated heterocycles. The fraction of sp³-hybridized carbons (Fsp3) is 0.921. The molecule has 0 aliphatic rings. The lowest BCUT2D eigenvalue weighted by Gasteiger charge is -2.20. The average Bonchev–Trinajstić information content (AvgIpc) is 3.09. The molecule has 0 aromatic heterocycles. The van der Waals surface area contributed by atoms with E-state index in [1.807, 2.05) is 0 Å². The summed E-state index contributed by atoms with van der Waals surface area (Å²) in [7, 11) is -4.70. The maximum atomic E-state index is 12.6. The fourth-order valence-electron chi connectivity index (χ4n) is 5.65. The Bertz CT molecular complexity index is 875. The number of carboxylic acids is 1.